The Morgan fingerprint density at radius 3 is 2.08 bits per heavy atom. The van der Waals surface area contributed by atoms with Crippen molar-refractivity contribution >= 4 is 49.8 Å². The number of benzene rings is 1. The van der Waals surface area contributed by atoms with Crippen LogP contribution in [0, 0.1) is 0 Å². The van der Waals surface area contributed by atoms with Crippen LogP contribution in [0.5, 0.6) is 0 Å². The summed E-state index contributed by atoms with van der Waals surface area (Å²) in [5, 5.41) is 1.20. The van der Waals surface area contributed by atoms with Gasteiger partial charge >= 0.3 is 97.3 Å². The summed E-state index contributed by atoms with van der Waals surface area (Å²) < 4.78 is 0. The van der Waals surface area contributed by atoms with Crippen molar-refractivity contribution in [3.05, 3.63) is 35.9 Å². The monoisotopic (exact) mass is 416 g/mol. The number of aryl methyl sites for hydroxylation is 1. The van der Waals surface area contributed by atoms with Crippen LogP contribution < -0.4 is 0 Å². The van der Waals surface area contributed by atoms with Gasteiger partial charge in [-0.05, 0) is 0 Å². The van der Waals surface area contributed by atoms with Gasteiger partial charge in [-0.2, -0.15) is 0 Å². The van der Waals surface area contributed by atoms with Crippen LogP contribution in [0.2, 0.25) is 5.25 Å². The number of halogens is 3. The van der Waals surface area contributed by atoms with Gasteiger partial charge in [0.2, 0.25) is 0 Å². The van der Waals surface area contributed by atoms with Crippen molar-refractivity contribution in [3.63, 3.8) is 0 Å². The zero-order valence-corrected chi connectivity index (χ0v) is 13.3. The van der Waals surface area contributed by atoms with Crippen molar-refractivity contribution in [2.75, 3.05) is 0 Å². The minimum absolute atomic E-state index is 1.14. The molecule has 0 bridgehead atoms. The van der Waals surface area contributed by atoms with Crippen LogP contribution in [0.15, 0.2) is 30.3 Å². The van der Waals surface area contributed by atoms with Gasteiger partial charge in [0, 0.05) is 0 Å². The quantitative estimate of drug-likeness (QED) is 0.642. The van der Waals surface area contributed by atoms with E-state index in [1.807, 2.05) is 0 Å². The van der Waals surface area contributed by atoms with E-state index in [0.29, 0.717) is 0 Å². The molecule has 12 heavy (non-hydrogen) atoms. The van der Waals surface area contributed by atoms with Gasteiger partial charge in [-0.25, -0.2) is 0 Å². The van der Waals surface area contributed by atoms with E-state index in [4.69, 9.17) is 0 Å². The molecule has 0 unspecified atom stereocenters. The first-order valence-corrected chi connectivity index (χ1v) is 19.9. The fraction of sp³-hybridized carbons (Fsp3) is 0.250. The molecule has 1 aromatic rings. The van der Waals surface area contributed by atoms with Crippen LogP contribution in [-0.2, 0) is 6.42 Å². The summed E-state index contributed by atoms with van der Waals surface area (Å²) in [6.45, 7) is 0. The predicted molar refractivity (Wildman–Crippen MR) is 67.5 cm³/mol. The zero-order valence-electron chi connectivity index (χ0n) is 6.43. The number of rotatable bonds is 3. The van der Waals surface area contributed by atoms with E-state index in [9.17, 15) is 0 Å². The van der Waals surface area contributed by atoms with E-state index in [0.717, 1.165) is 6.42 Å². The first kappa shape index (κ1) is 11.3. The summed E-state index contributed by atoms with van der Waals surface area (Å²) in [7, 11) is -1.86. The van der Waals surface area contributed by atoms with Crippen molar-refractivity contribution in [2.45, 2.75) is 11.7 Å². The summed E-state index contributed by atoms with van der Waals surface area (Å²) in [6, 6.07) is 10.6. The van der Waals surface area contributed by atoms with Crippen LogP contribution in [0.1, 0.15) is 5.56 Å². The average molecular weight is 417 g/mol. The maximum absolute atomic E-state index is 3.66. The van der Waals surface area contributed by atoms with Crippen LogP contribution in [0.4, 0.5) is 0 Å². The molecule has 1 aromatic carbocycles. The van der Waals surface area contributed by atoms with Crippen molar-refractivity contribution in [1.29, 1.82) is 0 Å². The molecule has 0 heterocycles. The Hall–Kier alpha value is 1.20. The fourth-order valence-electron chi connectivity index (χ4n) is 0.931. The molecule has 0 N–H and O–H groups in total. The Morgan fingerprint density at radius 1 is 1.00 bits per heavy atom. The molecule has 0 radical (unpaired) electrons. The SMILES string of the molecule is [Br][Ge]([Br])([Br])[CH2]Cc1ccccc1. The molecule has 0 amide bonds. The molecule has 0 spiro atoms. The number of hydrogen-bond acceptors (Lipinski definition) is 0. The second-order valence-corrected chi connectivity index (χ2v) is 43.9. The standard InChI is InChI=1S/C8H9Br3Ge/c9-12(10,11)7-6-8-4-2-1-3-5-8/h1-5H,6-7H2. The van der Waals surface area contributed by atoms with Crippen LogP contribution >= 0.6 is 42.0 Å². The summed E-state index contributed by atoms with van der Waals surface area (Å²) >= 11 is 11.0. The normalized spacial score (nSPS) is 11.6. The Morgan fingerprint density at radius 2 is 1.58 bits per heavy atom. The van der Waals surface area contributed by atoms with E-state index in [1.54, 1.807) is 0 Å². The van der Waals surface area contributed by atoms with Gasteiger partial charge in [0.25, 0.3) is 0 Å². The van der Waals surface area contributed by atoms with Gasteiger partial charge in [-0.1, -0.05) is 0 Å². The average Bonchev–Trinajstić information content (AvgIpc) is 2.02. The fourth-order valence-corrected chi connectivity index (χ4v) is 5.22. The molecular weight excluding hydrogens is 408 g/mol. The van der Waals surface area contributed by atoms with Crippen molar-refractivity contribution in [3.8, 4) is 0 Å². The Bertz CT molecular complexity index is 230. The van der Waals surface area contributed by atoms with Gasteiger partial charge in [-0.3, -0.25) is 0 Å². The van der Waals surface area contributed by atoms with E-state index in [1.165, 1.54) is 10.8 Å². The second-order valence-electron chi connectivity index (χ2n) is 2.60. The van der Waals surface area contributed by atoms with Gasteiger partial charge < -0.3 is 0 Å². The predicted octanol–water partition coefficient (Wildman–Crippen LogP) is 4.35. The molecule has 0 aliphatic heterocycles. The Labute approximate surface area is 96.3 Å². The zero-order chi connectivity index (χ0) is 9.03. The Balaban J connectivity index is 2.44. The second kappa shape index (κ2) is 5.18. The summed E-state index contributed by atoms with van der Waals surface area (Å²) in [5.74, 6) is 0. The van der Waals surface area contributed by atoms with Gasteiger partial charge in [0.1, 0.15) is 0 Å². The molecule has 0 atom stereocenters. The van der Waals surface area contributed by atoms with Crippen LogP contribution in [-0.4, -0.2) is 7.74 Å². The van der Waals surface area contributed by atoms with Crippen LogP contribution in [0.25, 0.3) is 0 Å². The maximum atomic E-state index is 3.66. The van der Waals surface area contributed by atoms with Gasteiger partial charge in [0.05, 0.1) is 0 Å². The molecule has 0 nitrogen and oxygen atoms in total. The van der Waals surface area contributed by atoms with Crippen molar-refractivity contribution in [2.24, 2.45) is 0 Å². The summed E-state index contributed by atoms with van der Waals surface area (Å²) in [6.07, 6.45) is 1.14. The molecule has 0 saturated carbocycles. The van der Waals surface area contributed by atoms with E-state index >= 15 is 0 Å². The molecule has 0 saturated heterocycles. The van der Waals surface area contributed by atoms with Crippen molar-refractivity contribution in [1.82, 2.24) is 0 Å². The summed E-state index contributed by atoms with van der Waals surface area (Å²) in [4.78, 5) is 0. The third-order valence-corrected chi connectivity index (χ3v) is 9.43. The third kappa shape index (κ3) is 5.05. The van der Waals surface area contributed by atoms with Crippen molar-refractivity contribution < 1.29 is 0 Å². The first-order valence-electron chi connectivity index (χ1n) is 3.68. The number of hydrogen-bond donors (Lipinski definition) is 0. The molecular formula is C8H9Br3Ge. The molecule has 1 rings (SSSR count). The molecule has 0 aliphatic carbocycles. The topological polar surface area (TPSA) is 0 Å². The molecule has 66 valence electrons. The van der Waals surface area contributed by atoms with E-state index < -0.39 is 7.74 Å². The van der Waals surface area contributed by atoms with Gasteiger partial charge in [0.15, 0.2) is 0 Å². The minimum atomic E-state index is -1.86. The molecule has 0 aliphatic rings. The molecule has 0 fully saturated rings. The molecule has 4 heteroatoms. The van der Waals surface area contributed by atoms with E-state index in [-0.39, 0.29) is 0 Å². The third-order valence-electron chi connectivity index (χ3n) is 1.54. The first-order chi connectivity index (χ1) is 5.58. The summed E-state index contributed by atoms with van der Waals surface area (Å²) in [5.41, 5.74) is 1.41. The van der Waals surface area contributed by atoms with Crippen LogP contribution in [0.3, 0.4) is 0 Å². The van der Waals surface area contributed by atoms with Gasteiger partial charge in [-0.15, -0.1) is 0 Å². The van der Waals surface area contributed by atoms with E-state index in [2.05, 4.69) is 72.3 Å². The Kier molecular flexibility index (Phi) is 4.86. The molecule has 0 aromatic heterocycles.